The Morgan fingerprint density at radius 1 is 1.39 bits per heavy atom. The molecule has 120 valence electrons. The number of carbonyl (C=O) groups is 3. The monoisotopic (exact) mass is 337 g/mol. The molecule has 2 fully saturated rings. The number of nitrogens with zero attached hydrogens (tertiary/aromatic N) is 1. The summed E-state index contributed by atoms with van der Waals surface area (Å²) in [6, 6.07) is 3.59. The summed E-state index contributed by atoms with van der Waals surface area (Å²) in [5.41, 5.74) is -0.440. The Morgan fingerprint density at radius 3 is 2.83 bits per heavy atom. The molecular formula is C15H13ClFN3O3. The second kappa shape index (κ2) is 5.66. The molecule has 0 bridgehead atoms. The van der Waals surface area contributed by atoms with Crippen LogP contribution in [-0.4, -0.2) is 41.4 Å². The average molecular weight is 338 g/mol. The van der Waals surface area contributed by atoms with E-state index >= 15 is 0 Å². The van der Waals surface area contributed by atoms with Crippen LogP contribution in [0.5, 0.6) is 0 Å². The topological polar surface area (TPSA) is 78.5 Å². The summed E-state index contributed by atoms with van der Waals surface area (Å²) >= 11 is 5.68. The van der Waals surface area contributed by atoms with Crippen molar-refractivity contribution in [3.05, 3.63) is 40.7 Å². The van der Waals surface area contributed by atoms with Gasteiger partial charge in [0.2, 0.25) is 5.91 Å². The highest BCUT2D eigenvalue weighted by Crippen LogP contribution is 2.25. The van der Waals surface area contributed by atoms with E-state index in [1.807, 2.05) is 0 Å². The largest absolute Gasteiger partial charge is 0.336 e. The number of imide groups is 1. The van der Waals surface area contributed by atoms with Gasteiger partial charge in [-0.2, -0.15) is 0 Å². The zero-order valence-corrected chi connectivity index (χ0v) is 12.7. The standard InChI is InChI=1S/C15H13ClFN3O3/c16-10-7-9(1-3-11(10)17)2-4-12(21)20-6-5-15(8-20)13(22)18-14(23)19-15/h1-4,7H,5-6,8H2,(H2,18,19,22,23)/b4-2+. The molecule has 1 aromatic rings. The van der Waals surface area contributed by atoms with Crippen LogP contribution in [0.25, 0.3) is 6.08 Å². The number of carbonyl (C=O) groups excluding carboxylic acids is 3. The molecule has 4 amide bonds. The zero-order valence-electron chi connectivity index (χ0n) is 11.9. The van der Waals surface area contributed by atoms with Gasteiger partial charge in [0.1, 0.15) is 11.4 Å². The molecule has 2 N–H and O–H groups in total. The number of rotatable bonds is 2. The van der Waals surface area contributed by atoms with Gasteiger partial charge in [0.15, 0.2) is 0 Å². The minimum absolute atomic E-state index is 0.0231. The lowest BCUT2D eigenvalue weighted by molar-refractivity contribution is -0.126. The molecule has 1 unspecified atom stereocenters. The molecule has 1 atom stereocenters. The minimum atomic E-state index is -1.03. The van der Waals surface area contributed by atoms with Gasteiger partial charge >= 0.3 is 6.03 Å². The molecular weight excluding hydrogens is 325 g/mol. The molecule has 2 aliphatic heterocycles. The number of hydrogen-bond acceptors (Lipinski definition) is 3. The van der Waals surface area contributed by atoms with Crippen molar-refractivity contribution < 1.29 is 18.8 Å². The van der Waals surface area contributed by atoms with Crippen molar-refractivity contribution in [1.29, 1.82) is 0 Å². The van der Waals surface area contributed by atoms with Crippen LogP contribution in [0.1, 0.15) is 12.0 Å². The number of amides is 4. The molecule has 2 aliphatic rings. The van der Waals surface area contributed by atoms with Crippen LogP contribution in [0.2, 0.25) is 5.02 Å². The van der Waals surface area contributed by atoms with Gasteiger partial charge in [0.25, 0.3) is 5.91 Å². The third-order valence-electron chi connectivity index (χ3n) is 3.96. The van der Waals surface area contributed by atoms with Crippen LogP contribution in [0.3, 0.4) is 0 Å². The number of hydrogen-bond donors (Lipinski definition) is 2. The number of urea groups is 1. The summed E-state index contributed by atoms with van der Waals surface area (Å²) in [4.78, 5) is 36.7. The van der Waals surface area contributed by atoms with E-state index in [1.54, 1.807) is 0 Å². The van der Waals surface area contributed by atoms with E-state index in [9.17, 15) is 18.8 Å². The lowest BCUT2D eigenvalue weighted by atomic mass is 10.00. The molecule has 0 radical (unpaired) electrons. The van der Waals surface area contributed by atoms with Crippen LogP contribution in [0, 0.1) is 5.82 Å². The summed E-state index contributed by atoms with van der Waals surface area (Å²) in [5.74, 6) is -1.23. The first-order chi connectivity index (χ1) is 10.9. The van der Waals surface area contributed by atoms with Gasteiger partial charge < -0.3 is 10.2 Å². The SMILES string of the molecule is O=C1NC(=O)C2(CCN(C(=O)/C=C/c3ccc(F)c(Cl)c3)C2)N1. The lowest BCUT2D eigenvalue weighted by Crippen LogP contribution is -2.49. The number of benzene rings is 1. The van der Waals surface area contributed by atoms with Crippen LogP contribution < -0.4 is 10.6 Å². The van der Waals surface area contributed by atoms with Gasteiger partial charge in [-0.3, -0.25) is 14.9 Å². The van der Waals surface area contributed by atoms with Gasteiger partial charge in [-0.05, 0) is 30.2 Å². The molecule has 8 heteroatoms. The van der Waals surface area contributed by atoms with E-state index in [2.05, 4.69) is 10.6 Å². The molecule has 2 heterocycles. The lowest BCUT2D eigenvalue weighted by Gasteiger charge is -2.20. The Bertz CT molecular complexity index is 737. The summed E-state index contributed by atoms with van der Waals surface area (Å²) in [7, 11) is 0. The van der Waals surface area contributed by atoms with Crippen molar-refractivity contribution in [3.8, 4) is 0 Å². The van der Waals surface area contributed by atoms with Crippen molar-refractivity contribution >= 4 is 35.5 Å². The Balaban J connectivity index is 1.67. The highest BCUT2D eigenvalue weighted by molar-refractivity contribution is 6.30. The number of halogens is 2. The highest BCUT2D eigenvalue weighted by Gasteiger charge is 2.51. The summed E-state index contributed by atoms with van der Waals surface area (Å²) in [6.07, 6.45) is 3.22. The number of nitrogens with one attached hydrogen (secondary N) is 2. The molecule has 23 heavy (non-hydrogen) atoms. The third-order valence-corrected chi connectivity index (χ3v) is 4.25. The first kappa shape index (κ1) is 15.5. The maximum Gasteiger partial charge on any atom is 0.322 e. The van der Waals surface area contributed by atoms with Crippen molar-refractivity contribution in [2.45, 2.75) is 12.0 Å². The average Bonchev–Trinajstić information content (AvgIpc) is 3.04. The maximum absolute atomic E-state index is 13.1. The maximum atomic E-state index is 13.1. The molecule has 1 spiro atoms. The van der Waals surface area contributed by atoms with Crippen LogP contribution >= 0.6 is 11.6 Å². The smallest absolute Gasteiger partial charge is 0.322 e. The fourth-order valence-electron chi connectivity index (χ4n) is 2.70. The second-order valence-electron chi connectivity index (χ2n) is 5.51. The van der Waals surface area contributed by atoms with E-state index in [0.717, 1.165) is 0 Å². The summed E-state index contributed by atoms with van der Waals surface area (Å²) < 4.78 is 13.1. The van der Waals surface area contributed by atoms with Crippen LogP contribution in [0.4, 0.5) is 9.18 Å². The van der Waals surface area contributed by atoms with Crippen molar-refractivity contribution in [2.75, 3.05) is 13.1 Å². The van der Waals surface area contributed by atoms with Gasteiger partial charge in [-0.25, -0.2) is 9.18 Å². The highest BCUT2D eigenvalue weighted by atomic mass is 35.5. The zero-order chi connectivity index (χ0) is 16.6. The summed E-state index contributed by atoms with van der Waals surface area (Å²) in [6.45, 7) is 0.485. The van der Waals surface area contributed by atoms with Crippen molar-refractivity contribution in [1.82, 2.24) is 15.5 Å². The van der Waals surface area contributed by atoms with Crippen LogP contribution in [0.15, 0.2) is 24.3 Å². The first-order valence-corrected chi connectivity index (χ1v) is 7.33. The Morgan fingerprint density at radius 2 is 2.17 bits per heavy atom. The van der Waals surface area contributed by atoms with E-state index in [-0.39, 0.29) is 17.5 Å². The predicted octanol–water partition coefficient (Wildman–Crippen LogP) is 1.30. The number of likely N-dealkylation sites (tertiary alicyclic amines) is 1. The van der Waals surface area contributed by atoms with Crippen molar-refractivity contribution in [3.63, 3.8) is 0 Å². The predicted molar refractivity (Wildman–Crippen MR) is 81.0 cm³/mol. The molecule has 0 aromatic heterocycles. The van der Waals surface area contributed by atoms with Gasteiger partial charge in [-0.15, -0.1) is 0 Å². The normalized spacial score (nSPS) is 23.7. The molecule has 2 saturated heterocycles. The van der Waals surface area contributed by atoms with Crippen LogP contribution in [-0.2, 0) is 9.59 Å². The first-order valence-electron chi connectivity index (χ1n) is 6.95. The molecule has 6 nitrogen and oxygen atoms in total. The van der Waals surface area contributed by atoms with Gasteiger partial charge in [0.05, 0.1) is 11.6 Å². The Kier molecular flexibility index (Phi) is 3.81. The minimum Gasteiger partial charge on any atom is -0.336 e. The fraction of sp³-hybridized carbons (Fsp3) is 0.267. The van der Waals surface area contributed by atoms with Gasteiger partial charge in [0, 0.05) is 12.6 Å². The Hall–Kier alpha value is -2.41. The molecule has 1 aromatic carbocycles. The third kappa shape index (κ3) is 2.92. The molecule has 0 saturated carbocycles. The molecule has 3 rings (SSSR count). The van der Waals surface area contributed by atoms with E-state index in [0.29, 0.717) is 18.5 Å². The quantitative estimate of drug-likeness (QED) is 0.631. The van der Waals surface area contributed by atoms with Gasteiger partial charge in [-0.1, -0.05) is 17.7 Å². The summed E-state index contributed by atoms with van der Waals surface area (Å²) in [5, 5.41) is 4.73. The van der Waals surface area contributed by atoms with E-state index in [1.165, 1.54) is 35.3 Å². The van der Waals surface area contributed by atoms with Crippen molar-refractivity contribution in [2.24, 2.45) is 0 Å². The molecule has 0 aliphatic carbocycles. The van der Waals surface area contributed by atoms with E-state index < -0.39 is 23.3 Å². The second-order valence-corrected chi connectivity index (χ2v) is 5.91. The van der Waals surface area contributed by atoms with E-state index in [4.69, 9.17) is 11.6 Å². The Labute approximate surface area is 136 Å². The fourth-order valence-corrected chi connectivity index (χ4v) is 2.89.